The van der Waals surface area contributed by atoms with E-state index in [2.05, 4.69) is 5.32 Å². The van der Waals surface area contributed by atoms with Crippen molar-refractivity contribution in [3.8, 4) is 5.75 Å². The van der Waals surface area contributed by atoms with Gasteiger partial charge in [-0.15, -0.1) is 0 Å². The van der Waals surface area contributed by atoms with Crippen LogP contribution in [0.15, 0.2) is 24.3 Å². The molecule has 7 heteroatoms. The molecule has 0 radical (unpaired) electrons. The van der Waals surface area contributed by atoms with Gasteiger partial charge in [-0.25, -0.2) is 4.39 Å². The van der Waals surface area contributed by atoms with Crippen LogP contribution >= 0.6 is 0 Å². The fourth-order valence-electron chi connectivity index (χ4n) is 2.23. The van der Waals surface area contributed by atoms with Crippen LogP contribution in [0.5, 0.6) is 5.75 Å². The summed E-state index contributed by atoms with van der Waals surface area (Å²) in [6.07, 6.45) is -1.08. The largest absolute Gasteiger partial charge is 0.484 e. The zero-order chi connectivity index (χ0) is 15.9. The highest BCUT2D eigenvalue weighted by atomic mass is 19.1. The van der Waals surface area contributed by atoms with Crippen molar-refractivity contribution in [3.63, 3.8) is 0 Å². The van der Waals surface area contributed by atoms with E-state index in [1.807, 2.05) is 0 Å². The molecule has 1 fully saturated rings. The highest BCUT2D eigenvalue weighted by Crippen LogP contribution is 2.17. The van der Waals surface area contributed by atoms with Crippen molar-refractivity contribution in [2.75, 3.05) is 33.5 Å². The molecule has 1 aliphatic heterocycles. The highest BCUT2D eigenvalue weighted by molar-refractivity contribution is 5.77. The monoisotopic (exact) mass is 313 g/mol. The Bertz CT molecular complexity index is 499. The number of rotatable bonds is 6. The van der Waals surface area contributed by atoms with Gasteiger partial charge in [0.2, 0.25) is 0 Å². The molecular formula is C15H20FNO5. The Hall–Kier alpha value is -1.70. The van der Waals surface area contributed by atoms with Gasteiger partial charge in [0.25, 0.3) is 5.91 Å². The number of hydrogen-bond acceptors (Lipinski definition) is 5. The fraction of sp³-hybridized carbons (Fsp3) is 0.533. The normalized spacial score (nSPS) is 24.8. The van der Waals surface area contributed by atoms with E-state index in [9.17, 15) is 14.3 Å². The molecule has 1 aromatic carbocycles. The Morgan fingerprint density at radius 2 is 2.32 bits per heavy atom. The second-order valence-electron chi connectivity index (χ2n) is 5.11. The van der Waals surface area contributed by atoms with E-state index in [1.165, 1.54) is 25.3 Å². The van der Waals surface area contributed by atoms with Crippen molar-refractivity contribution in [2.24, 2.45) is 5.92 Å². The molecule has 1 saturated heterocycles. The molecule has 0 aromatic heterocycles. The third-order valence-electron chi connectivity index (χ3n) is 3.51. The number of hydrogen-bond donors (Lipinski definition) is 2. The van der Waals surface area contributed by atoms with Gasteiger partial charge < -0.3 is 24.6 Å². The molecule has 122 valence electrons. The predicted molar refractivity (Wildman–Crippen MR) is 76.0 cm³/mol. The molecule has 1 amide bonds. The van der Waals surface area contributed by atoms with Crippen LogP contribution in [0.4, 0.5) is 4.39 Å². The van der Waals surface area contributed by atoms with E-state index in [1.54, 1.807) is 6.07 Å². The molecule has 2 N–H and O–H groups in total. The Labute approximate surface area is 128 Å². The van der Waals surface area contributed by atoms with Crippen LogP contribution in [0.2, 0.25) is 0 Å². The molecule has 6 nitrogen and oxygen atoms in total. The summed E-state index contributed by atoms with van der Waals surface area (Å²) < 4.78 is 28.6. The summed E-state index contributed by atoms with van der Waals surface area (Å²) >= 11 is 0. The molecule has 1 aromatic rings. The van der Waals surface area contributed by atoms with Crippen LogP contribution in [-0.4, -0.2) is 56.7 Å². The number of aliphatic hydroxyl groups excluding tert-OH is 1. The van der Waals surface area contributed by atoms with Crippen LogP contribution in [0.3, 0.4) is 0 Å². The van der Waals surface area contributed by atoms with Gasteiger partial charge in [0.1, 0.15) is 17.7 Å². The van der Waals surface area contributed by atoms with E-state index in [4.69, 9.17) is 14.2 Å². The SMILES string of the molecule is CO[C@@H]1COC[C@@H](CNC(=O)COc2cccc(F)c2)[C@@H]1O. The van der Waals surface area contributed by atoms with Gasteiger partial charge in [-0.05, 0) is 12.1 Å². The summed E-state index contributed by atoms with van der Waals surface area (Å²) in [6.45, 7) is 0.726. The number of carbonyl (C=O) groups excluding carboxylic acids is 1. The lowest BCUT2D eigenvalue weighted by molar-refractivity contribution is -0.136. The van der Waals surface area contributed by atoms with Crippen molar-refractivity contribution in [1.82, 2.24) is 5.32 Å². The zero-order valence-electron chi connectivity index (χ0n) is 12.3. The van der Waals surface area contributed by atoms with E-state index in [0.29, 0.717) is 13.2 Å². The Balaban J connectivity index is 1.73. The highest BCUT2D eigenvalue weighted by Gasteiger charge is 2.32. The van der Waals surface area contributed by atoms with Crippen LogP contribution < -0.4 is 10.1 Å². The topological polar surface area (TPSA) is 77.0 Å². The minimum atomic E-state index is -0.691. The number of methoxy groups -OCH3 is 1. The van der Waals surface area contributed by atoms with Crippen molar-refractivity contribution in [2.45, 2.75) is 12.2 Å². The second kappa shape index (κ2) is 8.07. The standard InChI is InChI=1S/C15H20FNO5/c1-20-13-8-21-7-10(15(13)19)6-17-14(18)9-22-12-4-2-3-11(16)5-12/h2-5,10,13,15,19H,6-9H2,1H3,(H,17,18)/t10-,13-,15+/m1/s1. The summed E-state index contributed by atoms with van der Waals surface area (Å²) in [6, 6.07) is 5.57. The van der Waals surface area contributed by atoms with Gasteiger partial charge in [0.05, 0.1) is 19.3 Å². The fourth-order valence-corrected chi connectivity index (χ4v) is 2.23. The molecule has 0 spiro atoms. The first-order chi connectivity index (χ1) is 10.6. The van der Waals surface area contributed by atoms with Crippen molar-refractivity contribution in [3.05, 3.63) is 30.1 Å². The second-order valence-corrected chi connectivity index (χ2v) is 5.11. The summed E-state index contributed by atoms with van der Waals surface area (Å²) in [7, 11) is 1.50. The van der Waals surface area contributed by atoms with Crippen molar-refractivity contribution < 1.29 is 28.5 Å². The van der Waals surface area contributed by atoms with E-state index >= 15 is 0 Å². The van der Waals surface area contributed by atoms with Crippen molar-refractivity contribution in [1.29, 1.82) is 0 Å². The maximum Gasteiger partial charge on any atom is 0.257 e. The molecule has 2 rings (SSSR count). The Morgan fingerprint density at radius 3 is 3.05 bits per heavy atom. The van der Waals surface area contributed by atoms with Gasteiger partial charge in [0, 0.05) is 25.6 Å². The smallest absolute Gasteiger partial charge is 0.257 e. The predicted octanol–water partition coefficient (Wildman–Crippen LogP) is 0.343. The van der Waals surface area contributed by atoms with Crippen molar-refractivity contribution >= 4 is 5.91 Å². The summed E-state index contributed by atoms with van der Waals surface area (Å²) in [4.78, 5) is 11.7. The van der Waals surface area contributed by atoms with Crippen LogP contribution in [-0.2, 0) is 14.3 Å². The first-order valence-electron chi connectivity index (χ1n) is 7.04. The number of nitrogens with one attached hydrogen (secondary N) is 1. The van der Waals surface area contributed by atoms with Gasteiger partial charge in [0.15, 0.2) is 6.61 Å². The van der Waals surface area contributed by atoms with E-state index < -0.39 is 11.9 Å². The molecule has 0 unspecified atom stereocenters. The summed E-state index contributed by atoms with van der Waals surface area (Å²) in [5, 5.41) is 12.7. The average molecular weight is 313 g/mol. The lowest BCUT2D eigenvalue weighted by Gasteiger charge is -2.33. The maximum atomic E-state index is 13.0. The molecule has 3 atom stereocenters. The minimum absolute atomic E-state index is 0.221. The first kappa shape index (κ1) is 16.7. The van der Waals surface area contributed by atoms with Gasteiger partial charge in [-0.2, -0.15) is 0 Å². The summed E-state index contributed by atoms with van der Waals surface area (Å²) in [5.41, 5.74) is 0. The number of amides is 1. The van der Waals surface area contributed by atoms with Gasteiger partial charge >= 0.3 is 0 Å². The first-order valence-corrected chi connectivity index (χ1v) is 7.04. The number of halogens is 1. The third-order valence-corrected chi connectivity index (χ3v) is 3.51. The molecule has 22 heavy (non-hydrogen) atoms. The average Bonchev–Trinajstić information content (AvgIpc) is 2.52. The Kier molecular flexibility index (Phi) is 6.11. The van der Waals surface area contributed by atoms with Gasteiger partial charge in [-0.1, -0.05) is 6.07 Å². The lowest BCUT2D eigenvalue weighted by atomic mass is 9.96. The zero-order valence-corrected chi connectivity index (χ0v) is 12.3. The molecule has 0 aliphatic carbocycles. The molecule has 0 saturated carbocycles. The number of ether oxygens (including phenoxy) is 3. The quantitative estimate of drug-likeness (QED) is 0.792. The van der Waals surface area contributed by atoms with Gasteiger partial charge in [-0.3, -0.25) is 4.79 Å². The number of aliphatic hydroxyl groups is 1. The minimum Gasteiger partial charge on any atom is -0.484 e. The molecule has 1 heterocycles. The van der Waals surface area contributed by atoms with Crippen LogP contribution in [0.25, 0.3) is 0 Å². The maximum absolute atomic E-state index is 13.0. The van der Waals surface area contributed by atoms with E-state index in [-0.39, 0.29) is 36.8 Å². The van der Waals surface area contributed by atoms with Crippen LogP contribution in [0.1, 0.15) is 0 Å². The summed E-state index contributed by atoms with van der Waals surface area (Å²) in [5.74, 6) is -0.727. The molecular weight excluding hydrogens is 293 g/mol. The van der Waals surface area contributed by atoms with Crippen LogP contribution in [0, 0.1) is 11.7 Å². The molecule has 0 bridgehead atoms. The third kappa shape index (κ3) is 4.66. The van der Waals surface area contributed by atoms with E-state index in [0.717, 1.165) is 0 Å². The number of carbonyl (C=O) groups is 1. The Morgan fingerprint density at radius 1 is 1.50 bits per heavy atom. The molecule has 1 aliphatic rings. The lowest BCUT2D eigenvalue weighted by Crippen LogP contribution is -2.49. The number of benzene rings is 1.